The van der Waals surface area contributed by atoms with Gasteiger partial charge >= 0.3 is 0 Å². The molecule has 2 aromatic rings. The molecule has 0 fully saturated rings. The molecule has 1 aliphatic rings. The fraction of sp³-hybridized carbons (Fsp3) is 0.267. The van der Waals surface area contributed by atoms with Crippen LogP contribution < -0.4 is 5.32 Å². The van der Waals surface area contributed by atoms with Gasteiger partial charge in [0.1, 0.15) is 0 Å². The average Bonchev–Trinajstić information content (AvgIpc) is 2.73. The first-order chi connectivity index (χ1) is 8.84. The molecule has 2 atom stereocenters. The summed E-state index contributed by atoms with van der Waals surface area (Å²) in [4.78, 5) is 4.32. The molecule has 3 heteroatoms. The largest absolute Gasteiger partial charge is 0.303 e. The smallest absolute Gasteiger partial charge is 0.0571 e. The van der Waals surface area contributed by atoms with E-state index < -0.39 is 0 Å². The van der Waals surface area contributed by atoms with Crippen LogP contribution in [-0.2, 0) is 13.0 Å². The lowest BCUT2D eigenvalue weighted by atomic mass is 10.1. The van der Waals surface area contributed by atoms with E-state index in [-0.39, 0.29) is 11.4 Å². The van der Waals surface area contributed by atoms with E-state index in [4.69, 9.17) is 11.6 Å². The third kappa shape index (κ3) is 2.26. The summed E-state index contributed by atoms with van der Waals surface area (Å²) in [5.41, 5.74) is 3.73. The summed E-state index contributed by atoms with van der Waals surface area (Å²) < 4.78 is 0. The third-order valence-corrected chi connectivity index (χ3v) is 3.80. The van der Waals surface area contributed by atoms with Crippen LogP contribution in [0.25, 0.3) is 0 Å². The fourth-order valence-corrected chi connectivity index (χ4v) is 2.89. The van der Waals surface area contributed by atoms with Gasteiger partial charge in [0.15, 0.2) is 0 Å². The molecule has 1 heterocycles. The second-order valence-electron chi connectivity index (χ2n) is 4.60. The monoisotopic (exact) mass is 258 g/mol. The summed E-state index contributed by atoms with van der Waals surface area (Å²) in [6.45, 7) is 0.753. The van der Waals surface area contributed by atoms with Gasteiger partial charge in [0.05, 0.1) is 11.1 Å². The number of fused-ring (bicyclic) bond motifs is 1. The van der Waals surface area contributed by atoms with Crippen LogP contribution in [0.2, 0.25) is 0 Å². The van der Waals surface area contributed by atoms with Crippen LogP contribution in [0.4, 0.5) is 0 Å². The summed E-state index contributed by atoms with van der Waals surface area (Å²) in [6.07, 6.45) is 2.76. The number of nitrogens with one attached hydrogen (secondary N) is 1. The molecule has 92 valence electrons. The van der Waals surface area contributed by atoms with Crippen molar-refractivity contribution in [2.45, 2.75) is 24.4 Å². The fourth-order valence-electron chi connectivity index (χ4n) is 2.50. The van der Waals surface area contributed by atoms with Crippen molar-refractivity contribution in [2.24, 2.45) is 0 Å². The summed E-state index contributed by atoms with van der Waals surface area (Å²) >= 11 is 6.43. The topological polar surface area (TPSA) is 24.9 Å². The van der Waals surface area contributed by atoms with Gasteiger partial charge in [0.2, 0.25) is 0 Å². The van der Waals surface area contributed by atoms with Crippen LogP contribution in [0.3, 0.4) is 0 Å². The SMILES string of the molecule is ClC1Cc2ccccc2C1NCc1ccccn1. The van der Waals surface area contributed by atoms with Crippen molar-refractivity contribution in [3.05, 3.63) is 65.5 Å². The molecule has 2 nitrogen and oxygen atoms in total. The Morgan fingerprint density at radius 1 is 1.17 bits per heavy atom. The highest BCUT2D eigenvalue weighted by atomic mass is 35.5. The van der Waals surface area contributed by atoms with Crippen LogP contribution in [0, 0.1) is 0 Å². The number of alkyl halides is 1. The molecular formula is C15H15ClN2. The molecule has 3 rings (SSSR count). The Labute approximate surface area is 112 Å². The zero-order chi connectivity index (χ0) is 12.4. The average molecular weight is 259 g/mol. The third-order valence-electron chi connectivity index (χ3n) is 3.40. The van der Waals surface area contributed by atoms with E-state index in [0.717, 1.165) is 18.7 Å². The molecule has 1 N–H and O–H groups in total. The molecule has 1 aromatic carbocycles. The molecule has 0 aliphatic heterocycles. The molecule has 0 saturated heterocycles. The normalized spacial score (nSPS) is 21.8. The van der Waals surface area contributed by atoms with E-state index in [2.05, 4.69) is 34.6 Å². The quantitative estimate of drug-likeness (QED) is 0.856. The minimum atomic E-state index is 0.131. The van der Waals surface area contributed by atoms with E-state index in [1.807, 2.05) is 24.4 Å². The lowest BCUT2D eigenvalue weighted by molar-refractivity contribution is 0.531. The molecule has 0 spiro atoms. The first-order valence-electron chi connectivity index (χ1n) is 6.20. The van der Waals surface area contributed by atoms with Gasteiger partial charge in [0.25, 0.3) is 0 Å². The van der Waals surface area contributed by atoms with Crippen molar-refractivity contribution in [1.82, 2.24) is 10.3 Å². The summed E-state index contributed by atoms with van der Waals surface area (Å²) in [7, 11) is 0. The second-order valence-corrected chi connectivity index (χ2v) is 5.16. The van der Waals surface area contributed by atoms with E-state index in [9.17, 15) is 0 Å². The highest BCUT2D eigenvalue weighted by Crippen LogP contribution is 2.34. The molecule has 2 unspecified atom stereocenters. The number of rotatable bonds is 3. The van der Waals surface area contributed by atoms with Crippen LogP contribution in [-0.4, -0.2) is 10.4 Å². The Morgan fingerprint density at radius 3 is 2.83 bits per heavy atom. The first kappa shape index (κ1) is 11.7. The second kappa shape index (κ2) is 5.09. The van der Waals surface area contributed by atoms with Crippen molar-refractivity contribution in [1.29, 1.82) is 0 Å². The van der Waals surface area contributed by atoms with Crippen molar-refractivity contribution in [3.63, 3.8) is 0 Å². The summed E-state index contributed by atoms with van der Waals surface area (Å²) in [5.74, 6) is 0. The van der Waals surface area contributed by atoms with Gasteiger partial charge in [-0.05, 0) is 29.7 Å². The van der Waals surface area contributed by atoms with Crippen molar-refractivity contribution in [3.8, 4) is 0 Å². The Balaban J connectivity index is 1.74. The lowest BCUT2D eigenvalue weighted by Gasteiger charge is -2.17. The summed E-state index contributed by atoms with van der Waals surface area (Å²) in [6, 6.07) is 14.7. The molecule has 0 radical (unpaired) electrons. The Bertz CT molecular complexity index is 527. The number of pyridine rings is 1. The summed E-state index contributed by atoms with van der Waals surface area (Å²) in [5, 5.41) is 3.64. The van der Waals surface area contributed by atoms with Crippen molar-refractivity contribution < 1.29 is 0 Å². The maximum Gasteiger partial charge on any atom is 0.0571 e. The van der Waals surface area contributed by atoms with Gasteiger partial charge in [0, 0.05) is 18.8 Å². The van der Waals surface area contributed by atoms with Crippen LogP contribution >= 0.6 is 11.6 Å². The van der Waals surface area contributed by atoms with Crippen LogP contribution in [0.1, 0.15) is 22.9 Å². The predicted octanol–water partition coefficient (Wildman–Crippen LogP) is 3.08. The molecule has 1 aliphatic carbocycles. The zero-order valence-corrected chi connectivity index (χ0v) is 10.8. The number of aromatic nitrogens is 1. The number of halogens is 1. The standard InChI is InChI=1S/C15H15ClN2/c16-14-9-11-5-1-2-7-13(11)15(14)18-10-12-6-3-4-8-17-12/h1-8,14-15,18H,9-10H2. The maximum atomic E-state index is 6.43. The van der Waals surface area contributed by atoms with Gasteiger partial charge < -0.3 is 5.32 Å². The highest BCUT2D eigenvalue weighted by Gasteiger charge is 2.30. The van der Waals surface area contributed by atoms with Gasteiger partial charge in [-0.1, -0.05) is 30.3 Å². The van der Waals surface area contributed by atoms with Gasteiger partial charge in [-0.15, -0.1) is 11.6 Å². The number of nitrogens with zero attached hydrogens (tertiary/aromatic N) is 1. The maximum absolute atomic E-state index is 6.43. The molecule has 1 aromatic heterocycles. The van der Waals surface area contributed by atoms with Gasteiger partial charge in [-0.3, -0.25) is 4.98 Å². The first-order valence-corrected chi connectivity index (χ1v) is 6.63. The minimum absolute atomic E-state index is 0.131. The van der Waals surface area contributed by atoms with Crippen LogP contribution in [0.5, 0.6) is 0 Å². The molecule has 0 saturated carbocycles. The van der Waals surface area contributed by atoms with Crippen LogP contribution in [0.15, 0.2) is 48.7 Å². The molecule has 0 amide bonds. The Hall–Kier alpha value is -1.38. The van der Waals surface area contributed by atoms with Gasteiger partial charge in [-0.25, -0.2) is 0 Å². The minimum Gasteiger partial charge on any atom is -0.303 e. The van der Waals surface area contributed by atoms with Gasteiger partial charge in [-0.2, -0.15) is 0 Å². The molecular weight excluding hydrogens is 244 g/mol. The number of benzene rings is 1. The highest BCUT2D eigenvalue weighted by molar-refractivity contribution is 6.21. The van der Waals surface area contributed by atoms with E-state index >= 15 is 0 Å². The predicted molar refractivity (Wildman–Crippen MR) is 73.6 cm³/mol. The molecule has 0 bridgehead atoms. The lowest BCUT2D eigenvalue weighted by Crippen LogP contribution is -2.25. The Morgan fingerprint density at radius 2 is 2.00 bits per heavy atom. The zero-order valence-electron chi connectivity index (χ0n) is 10.0. The van der Waals surface area contributed by atoms with E-state index in [0.29, 0.717) is 0 Å². The van der Waals surface area contributed by atoms with Crippen molar-refractivity contribution >= 4 is 11.6 Å². The Kier molecular flexibility index (Phi) is 3.31. The van der Waals surface area contributed by atoms with Crippen molar-refractivity contribution in [2.75, 3.05) is 0 Å². The van der Waals surface area contributed by atoms with E-state index in [1.165, 1.54) is 11.1 Å². The van der Waals surface area contributed by atoms with E-state index in [1.54, 1.807) is 0 Å². The number of hydrogen-bond acceptors (Lipinski definition) is 2. The number of hydrogen-bond donors (Lipinski definition) is 1. The molecule has 18 heavy (non-hydrogen) atoms.